The van der Waals surface area contributed by atoms with E-state index in [1.54, 1.807) is 13.1 Å². The number of benzene rings is 1. The second kappa shape index (κ2) is 7.58. The lowest BCUT2D eigenvalue weighted by Crippen LogP contribution is -2.39. The van der Waals surface area contributed by atoms with Gasteiger partial charge >= 0.3 is 6.18 Å². The molecule has 3 rings (SSSR count). The molecule has 2 aromatic rings. The Morgan fingerprint density at radius 2 is 2.19 bits per heavy atom. The van der Waals surface area contributed by atoms with E-state index in [4.69, 9.17) is 4.74 Å². The predicted octanol–water partition coefficient (Wildman–Crippen LogP) is 3.14. The molecule has 0 saturated carbocycles. The first-order valence-corrected chi connectivity index (χ1v) is 8.50. The van der Waals surface area contributed by atoms with Crippen LogP contribution >= 0.6 is 0 Å². The highest BCUT2D eigenvalue weighted by Gasteiger charge is 2.39. The lowest BCUT2D eigenvalue weighted by molar-refractivity contribution is -0.147. The number of carbonyl (C=O) groups is 1. The maximum atomic E-state index is 13.1. The van der Waals surface area contributed by atoms with Gasteiger partial charge in [-0.25, -0.2) is 9.37 Å². The Bertz CT molecular complexity index is 819. The first kappa shape index (κ1) is 19.2. The number of rotatable bonds is 5. The highest BCUT2D eigenvalue weighted by molar-refractivity contribution is 5.79. The minimum Gasteiger partial charge on any atom is -0.492 e. The number of amides is 1. The van der Waals surface area contributed by atoms with Gasteiger partial charge in [0.05, 0.1) is 6.54 Å². The number of fused-ring (bicyclic) bond motifs is 1. The van der Waals surface area contributed by atoms with Crippen molar-refractivity contribution in [1.29, 1.82) is 0 Å². The fourth-order valence-electron chi connectivity index (χ4n) is 3.18. The van der Waals surface area contributed by atoms with Gasteiger partial charge in [-0.1, -0.05) is 6.07 Å². The molecule has 0 N–H and O–H groups in total. The van der Waals surface area contributed by atoms with Crippen LogP contribution in [-0.4, -0.2) is 40.6 Å². The van der Waals surface area contributed by atoms with Gasteiger partial charge in [0.1, 0.15) is 18.2 Å². The first-order chi connectivity index (χ1) is 12.8. The summed E-state index contributed by atoms with van der Waals surface area (Å²) in [7, 11) is 1.62. The monoisotopic (exact) mass is 385 g/mol. The van der Waals surface area contributed by atoms with Gasteiger partial charge in [-0.2, -0.15) is 13.2 Å². The topological polar surface area (TPSA) is 47.4 Å². The number of aromatic nitrogens is 2. The van der Waals surface area contributed by atoms with Gasteiger partial charge in [0.15, 0.2) is 0 Å². The van der Waals surface area contributed by atoms with E-state index in [-0.39, 0.29) is 25.5 Å². The number of imidazole rings is 1. The number of hydrogen-bond acceptors (Lipinski definition) is 3. The maximum absolute atomic E-state index is 13.1. The Balaban J connectivity index is 1.54. The van der Waals surface area contributed by atoms with Crippen LogP contribution in [0.2, 0.25) is 0 Å². The summed E-state index contributed by atoms with van der Waals surface area (Å²) in [6.45, 7) is 0.585. The predicted molar refractivity (Wildman–Crippen MR) is 88.6 cm³/mol. The van der Waals surface area contributed by atoms with Crippen molar-refractivity contribution < 1.29 is 27.1 Å². The van der Waals surface area contributed by atoms with Crippen LogP contribution in [0.1, 0.15) is 17.9 Å². The average Bonchev–Trinajstić information content (AvgIpc) is 3.04. The summed E-state index contributed by atoms with van der Waals surface area (Å²) in [4.78, 5) is 17.5. The van der Waals surface area contributed by atoms with Gasteiger partial charge in [-0.05, 0) is 18.6 Å². The zero-order valence-corrected chi connectivity index (χ0v) is 14.7. The van der Waals surface area contributed by atoms with Crippen molar-refractivity contribution in [3.05, 3.63) is 47.8 Å². The fourth-order valence-corrected chi connectivity index (χ4v) is 3.18. The molecular weight excluding hydrogens is 366 g/mol. The number of ether oxygens (including phenoxy) is 1. The normalized spacial score (nSPS) is 16.7. The van der Waals surface area contributed by atoms with Gasteiger partial charge in [0, 0.05) is 43.9 Å². The second-order valence-electron chi connectivity index (χ2n) is 6.48. The lowest BCUT2D eigenvalue weighted by Gasteiger charge is -2.28. The molecule has 27 heavy (non-hydrogen) atoms. The summed E-state index contributed by atoms with van der Waals surface area (Å²) in [5.41, 5.74) is 0.413. The number of alkyl halides is 3. The molecule has 2 heterocycles. The van der Waals surface area contributed by atoms with E-state index in [0.717, 1.165) is 4.57 Å². The van der Waals surface area contributed by atoms with E-state index >= 15 is 0 Å². The number of likely N-dealkylation sites (N-methyl/N-ethyl adjacent to an activating group) is 1. The van der Waals surface area contributed by atoms with E-state index in [1.165, 1.54) is 29.3 Å². The molecule has 1 aliphatic heterocycles. The average molecular weight is 385 g/mol. The van der Waals surface area contributed by atoms with Gasteiger partial charge in [-0.3, -0.25) is 4.79 Å². The van der Waals surface area contributed by atoms with Gasteiger partial charge in [-0.15, -0.1) is 0 Å². The molecule has 5 nitrogen and oxygen atoms in total. The molecule has 0 saturated heterocycles. The molecule has 0 fully saturated rings. The quantitative estimate of drug-likeness (QED) is 0.743. The van der Waals surface area contributed by atoms with E-state index in [2.05, 4.69) is 4.98 Å². The minimum absolute atomic E-state index is 0.105. The van der Waals surface area contributed by atoms with Crippen LogP contribution in [0.4, 0.5) is 17.6 Å². The van der Waals surface area contributed by atoms with Crippen LogP contribution in [0.3, 0.4) is 0 Å². The highest BCUT2D eigenvalue weighted by atomic mass is 19.4. The number of halogens is 4. The Kier molecular flexibility index (Phi) is 5.38. The molecular formula is C18H19F4N3O2. The Morgan fingerprint density at radius 3 is 2.89 bits per heavy atom. The standard InChI is InChI=1S/C18H19F4N3O2/c1-24(7-8-27-15-4-2-3-13(19)10-15)16(26)12-5-6-25-14(9-12)11-23-17(25)18(20,21)22/h2-4,10-12H,5-9H2,1H3. The number of nitrogens with zero attached hydrogens (tertiary/aromatic N) is 3. The van der Waals surface area contributed by atoms with Crippen molar-refractivity contribution in [2.75, 3.05) is 20.2 Å². The van der Waals surface area contributed by atoms with Crippen LogP contribution in [-0.2, 0) is 23.9 Å². The van der Waals surface area contributed by atoms with Crippen molar-refractivity contribution in [3.63, 3.8) is 0 Å². The zero-order valence-electron chi connectivity index (χ0n) is 14.7. The molecule has 0 spiro atoms. The number of hydrogen-bond donors (Lipinski definition) is 0. The molecule has 0 aliphatic carbocycles. The van der Waals surface area contributed by atoms with Crippen molar-refractivity contribution in [1.82, 2.24) is 14.5 Å². The largest absolute Gasteiger partial charge is 0.492 e. The summed E-state index contributed by atoms with van der Waals surface area (Å²) >= 11 is 0. The summed E-state index contributed by atoms with van der Waals surface area (Å²) in [6.07, 6.45) is -2.77. The van der Waals surface area contributed by atoms with E-state index in [9.17, 15) is 22.4 Å². The second-order valence-corrected chi connectivity index (χ2v) is 6.48. The van der Waals surface area contributed by atoms with Crippen LogP contribution in [0.5, 0.6) is 5.75 Å². The molecule has 0 radical (unpaired) electrons. The molecule has 1 unspecified atom stereocenters. The molecule has 1 atom stereocenters. The van der Waals surface area contributed by atoms with E-state index in [0.29, 0.717) is 24.4 Å². The zero-order chi connectivity index (χ0) is 19.6. The Morgan fingerprint density at radius 1 is 1.41 bits per heavy atom. The van der Waals surface area contributed by atoms with E-state index < -0.39 is 23.7 Å². The van der Waals surface area contributed by atoms with Crippen LogP contribution in [0.25, 0.3) is 0 Å². The van der Waals surface area contributed by atoms with Crippen molar-refractivity contribution >= 4 is 5.91 Å². The fraction of sp³-hybridized carbons (Fsp3) is 0.444. The number of carbonyl (C=O) groups excluding carboxylic acids is 1. The third kappa shape index (κ3) is 4.40. The first-order valence-electron chi connectivity index (χ1n) is 8.50. The smallest absolute Gasteiger partial charge is 0.449 e. The molecule has 1 aromatic carbocycles. The third-order valence-electron chi connectivity index (χ3n) is 4.57. The van der Waals surface area contributed by atoms with E-state index in [1.807, 2.05) is 0 Å². The van der Waals surface area contributed by atoms with Crippen molar-refractivity contribution in [3.8, 4) is 5.75 Å². The molecule has 146 valence electrons. The van der Waals surface area contributed by atoms with Gasteiger partial charge < -0.3 is 14.2 Å². The molecule has 1 amide bonds. The SMILES string of the molecule is CN(CCOc1cccc(F)c1)C(=O)C1CCn2c(cnc2C(F)(F)F)C1. The third-order valence-corrected chi connectivity index (χ3v) is 4.57. The molecule has 1 aliphatic rings. The van der Waals surface area contributed by atoms with Gasteiger partial charge in [0.2, 0.25) is 11.7 Å². The van der Waals surface area contributed by atoms with Crippen LogP contribution in [0, 0.1) is 11.7 Å². The van der Waals surface area contributed by atoms with Crippen LogP contribution < -0.4 is 4.74 Å². The maximum Gasteiger partial charge on any atom is 0.449 e. The highest BCUT2D eigenvalue weighted by Crippen LogP contribution is 2.32. The van der Waals surface area contributed by atoms with Crippen molar-refractivity contribution in [2.45, 2.75) is 25.6 Å². The molecule has 0 bridgehead atoms. The summed E-state index contributed by atoms with van der Waals surface area (Å²) < 4.78 is 58.4. The lowest BCUT2D eigenvalue weighted by atomic mass is 9.95. The Hall–Kier alpha value is -2.58. The Labute approximate surface area is 153 Å². The van der Waals surface area contributed by atoms with Crippen LogP contribution in [0.15, 0.2) is 30.5 Å². The summed E-state index contributed by atoms with van der Waals surface area (Å²) in [6, 6.07) is 5.70. The molecule has 1 aromatic heterocycles. The van der Waals surface area contributed by atoms with Crippen molar-refractivity contribution in [2.24, 2.45) is 5.92 Å². The summed E-state index contributed by atoms with van der Waals surface area (Å²) in [5, 5.41) is 0. The molecule has 9 heteroatoms. The summed E-state index contributed by atoms with van der Waals surface area (Å²) in [5.74, 6) is -1.50. The minimum atomic E-state index is -4.50. The van der Waals surface area contributed by atoms with Gasteiger partial charge in [0.25, 0.3) is 0 Å².